The minimum atomic E-state index is -4.42. The average Bonchev–Trinajstić information content (AvgIpc) is 3.49. The number of rotatable bonds is 6. The summed E-state index contributed by atoms with van der Waals surface area (Å²) in [5.41, 5.74) is 3.37. The van der Waals surface area contributed by atoms with Gasteiger partial charge in [0.05, 0.1) is 16.6 Å². The number of hydrogen-bond donors (Lipinski definition) is 2. The number of imidazole rings is 2. The quantitative estimate of drug-likeness (QED) is 0.280. The maximum absolute atomic E-state index is 13.2. The van der Waals surface area contributed by atoms with Crippen molar-refractivity contribution in [3.05, 3.63) is 96.3 Å². The second-order valence-electron chi connectivity index (χ2n) is 8.68. The molecule has 6 rings (SSSR count). The van der Waals surface area contributed by atoms with Gasteiger partial charge < -0.3 is 9.88 Å². The van der Waals surface area contributed by atoms with E-state index >= 15 is 0 Å². The van der Waals surface area contributed by atoms with Crippen LogP contribution in [0.25, 0.3) is 27.9 Å². The SMILES string of the molecule is Cn1c(Nc2nc(NCc3cccc(C(F)(F)F)c3)c3ncn(-c4ccccc4)c3n2)nc2ccccc21. The lowest BCUT2D eigenvalue weighted by Gasteiger charge is -2.12. The molecule has 11 heteroatoms. The number of benzene rings is 3. The molecule has 3 aromatic carbocycles. The molecule has 0 unspecified atom stereocenters. The van der Waals surface area contributed by atoms with Gasteiger partial charge in [0.1, 0.15) is 6.33 Å². The Kier molecular flexibility index (Phi) is 5.67. The lowest BCUT2D eigenvalue weighted by atomic mass is 10.1. The van der Waals surface area contributed by atoms with E-state index in [0.717, 1.165) is 28.9 Å². The molecule has 0 atom stereocenters. The van der Waals surface area contributed by atoms with Gasteiger partial charge in [-0.25, -0.2) is 9.97 Å². The van der Waals surface area contributed by atoms with E-state index in [0.29, 0.717) is 28.5 Å². The number of nitrogens with zero attached hydrogens (tertiary/aromatic N) is 6. The van der Waals surface area contributed by atoms with Gasteiger partial charge in [0.15, 0.2) is 17.0 Å². The highest BCUT2D eigenvalue weighted by molar-refractivity contribution is 5.86. The number of halogens is 3. The summed E-state index contributed by atoms with van der Waals surface area (Å²) in [7, 11) is 1.89. The van der Waals surface area contributed by atoms with Crippen LogP contribution in [0.2, 0.25) is 0 Å². The van der Waals surface area contributed by atoms with Gasteiger partial charge in [0, 0.05) is 19.3 Å². The summed E-state index contributed by atoms with van der Waals surface area (Å²) in [5.74, 6) is 1.18. The highest BCUT2D eigenvalue weighted by Crippen LogP contribution is 2.30. The van der Waals surface area contributed by atoms with Crippen LogP contribution in [0, 0.1) is 0 Å². The van der Waals surface area contributed by atoms with Gasteiger partial charge in [-0.1, -0.05) is 42.5 Å². The van der Waals surface area contributed by atoms with Crippen molar-refractivity contribution < 1.29 is 13.2 Å². The van der Waals surface area contributed by atoms with Crippen LogP contribution >= 0.6 is 0 Å². The monoisotopic (exact) mass is 514 g/mol. The number of fused-ring (bicyclic) bond motifs is 2. The van der Waals surface area contributed by atoms with Crippen molar-refractivity contribution in [3.8, 4) is 5.69 Å². The molecule has 0 aliphatic heterocycles. The zero-order chi connectivity index (χ0) is 26.3. The third-order valence-electron chi connectivity index (χ3n) is 6.16. The van der Waals surface area contributed by atoms with E-state index in [1.807, 2.05) is 70.8 Å². The molecule has 3 heterocycles. The highest BCUT2D eigenvalue weighted by Gasteiger charge is 2.30. The van der Waals surface area contributed by atoms with E-state index in [2.05, 4.69) is 25.6 Å². The zero-order valence-corrected chi connectivity index (χ0v) is 20.1. The Morgan fingerprint density at radius 2 is 1.66 bits per heavy atom. The van der Waals surface area contributed by atoms with E-state index in [1.165, 1.54) is 6.07 Å². The number of aryl methyl sites for hydroxylation is 1. The molecule has 6 aromatic rings. The summed E-state index contributed by atoms with van der Waals surface area (Å²) >= 11 is 0. The Labute approximate surface area is 214 Å². The van der Waals surface area contributed by atoms with Crippen LogP contribution < -0.4 is 10.6 Å². The molecule has 0 radical (unpaired) electrons. The molecule has 3 aromatic heterocycles. The molecule has 2 N–H and O–H groups in total. The molecule has 38 heavy (non-hydrogen) atoms. The third-order valence-corrected chi connectivity index (χ3v) is 6.16. The van der Waals surface area contributed by atoms with Crippen molar-refractivity contribution in [2.24, 2.45) is 7.05 Å². The van der Waals surface area contributed by atoms with E-state index in [1.54, 1.807) is 12.4 Å². The first-order valence-electron chi connectivity index (χ1n) is 11.8. The van der Waals surface area contributed by atoms with Crippen LogP contribution in [0.5, 0.6) is 0 Å². The predicted octanol–water partition coefficient (Wildman–Crippen LogP) is 6.08. The van der Waals surface area contributed by atoms with Crippen LogP contribution in [0.1, 0.15) is 11.1 Å². The van der Waals surface area contributed by atoms with Gasteiger partial charge in [-0.2, -0.15) is 23.1 Å². The van der Waals surface area contributed by atoms with E-state index in [9.17, 15) is 13.2 Å². The molecule has 190 valence electrons. The summed E-state index contributed by atoms with van der Waals surface area (Å²) < 4.78 is 43.3. The normalized spacial score (nSPS) is 11.8. The molecule has 0 spiro atoms. The molecular formula is C27H21F3N8. The van der Waals surface area contributed by atoms with E-state index in [-0.39, 0.29) is 12.5 Å². The van der Waals surface area contributed by atoms with Crippen LogP contribution in [0.3, 0.4) is 0 Å². The molecular weight excluding hydrogens is 493 g/mol. The Morgan fingerprint density at radius 3 is 2.45 bits per heavy atom. The van der Waals surface area contributed by atoms with Crippen LogP contribution in [-0.2, 0) is 19.8 Å². The molecule has 0 amide bonds. The van der Waals surface area contributed by atoms with Crippen molar-refractivity contribution in [2.75, 3.05) is 10.6 Å². The van der Waals surface area contributed by atoms with Gasteiger partial charge in [-0.05, 0) is 42.0 Å². The highest BCUT2D eigenvalue weighted by atomic mass is 19.4. The van der Waals surface area contributed by atoms with E-state index in [4.69, 9.17) is 4.98 Å². The van der Waals surface area contributed by atoms with Crippen molar-refractivity contribution >= 4 is 39.9 Å². The van der Waals surface area contributed by atoms with Crippen molar-refractivity contribution in [1.82, 2.24) is 29.1 Å². The maximum Gasteiger partial charge on any atom is 0.416 e. The topological polar surface area (TPSA) is 85.5 Å². The molecule has 8 nitrogen and oxygen atoms in total. The minimum Gasteiger partial charge on any atom is -0.364 e. The summed E-state index contributed by atoms with van der Waals surface area (Å²) in [5, 5.41) is 6.34. The first-order valence-corrected chi connectivity index (χ1v) is 11.8. The van der Waals surface area contributed by atoms with Crippen molar-refractivity contribution in [3.63, 3.8) is 0 Å². The van der Waals surface area contributed by atoms with Gasteiger partial charge in [0.2, 0.25) is 11.9 Å². The van der Waals surface area contributed by atoms with Gasteiger partial charge in [0.25, 0.3) is 0 Å². The standard InChI is InChI=1S/C27H21F3N8/c1-37-21-13-6-5-12-20(21)33-26(37)36-25-34-23(31-15-17-8-7-9-18(14-17)27(28,29)30)22-24(35-25)38(16-32-22)19-10-3-2-4-11-19/h2-14,16H,15H2,1H3,(H2,31,33,34,35,36). The lowest BCUT2D eigenvalue weighted by molar-refractivity contribution is -0.137. The molecule has 0 aliphatic rings. The third kappa shape index (κ3) is 4.38. The number of aromatic nitrogens is 6. The second-order valence-corrected chi connectivity index (χ2v) is 8.68. The molecule has 0 bridgehead atoms. The lowest BCUT2D eigenvalue weighted by Crippen LogP contribution is -2.09. The van der Waals surface area contributed by atoms with Gasteiger partial charge >= 0.3 is 6.18 Å². The molecule has 0 saturated carbocycles. The Bertz CT molecular complexity index is 1760. The Balaban J connectivity index is 1.40. The van der Waals surface area contributed by atoms with Crippen LogP contribution in [-0.4, -0.2) is 29.1 Å². The van der Waals surface area contributed by atoms with Crippen LogP contribution in [0.4, 0.5) is 30.9 Å². The first kappa shape index (κ1) is 23.5. The van der Waals surface area contributed by atoms with E-state index < -0.39 is 11.7 Å². The number of nitrogens with one attached hydrogen (secondary N) is 2. The maximum atomic E-state index is 13.2. The number of alkyl halides is 3. The van der Waals surface area contributed by atoms with Crippen molar-refractivity contribution in [1.29, 1.82) is 0 Å². The first-order chi connectivity index (χ1) is 18.4. The molecule has 0 aliphatic carbocycles. The largest absolute Gasteiger partial charge is 0.416 e. The summed E-state index contributed by atoms with van der Waals surface area (Å²) in [6.07, 6.45) is -2.78. The second kappa shape index (κ2) is 9.18. The Hall–Kier alpha value is -4.93. The number of para-hydroxylation sites is 3. The number of hydrogen-bond acceptors (Lipinski definition) is 6. The molecule has 0 saturated heterocycles. The smallest absolute Gasteiger partial charge is 0.364 e. The summed E-state index contributed by atoms with van der Waals surface area (Å²) in [6.45, 7) is 0.111. The molecule has 0 fully saturated rings. The predicted molar refractivity (Wildman–Crippen MR) is 139 cm³/mol. The average molecular weight is 515 g/mol. The number of anilines is 3. The van der Waals surface area contributed by atoms with Gasteiger partial charge in [-0.15, -0.1) is 0 Å². The fraction of sp³-hybridized carbons (Fsp3) is 0.111. The van der Waals surface area contributed by atoms with Gasteiger partial charge in [-0.3, -0.25) is 9.88 Å². The fourth-order valence-corrected chi connectivity index (χ4v) is 4.26. The van der Waals surface area contributed by atoms with Crippen LogP contribution in [0.15, 0.2) is 85.2 Å². The Morgan fingerprint density at radius 1 is 0.868 bits per heavy atom. The minimum absolute atomic E-state index is 0.111. The van der Waals surface area contributed by atoms with Crippen molar-refractivity contribution in [2.45, 2.75) is 12.7 Å². The summed E-state index contributed by atoms with van der Waals surface area (Å²) in [4.78, 5) is 18.5. The summed E-state index contributed by atoms with van der Waals surface area (Å²) in [6, 6.07) is 22.5. The zero-order valence-electron chi connectivity index (χ0n) is 20.1. The fourth-order valence-electron chi connectivity index (χ4n) is 4.26.